The predicted octanol–water partition coefficient (Wildman–Crippen LogP) is 5.87. The van der Waals surface area contributed by atoms with Crippen LogP contribution in [0.1, 0.15) is 17.0 Å². The lowest BCUT2D eigenvalue weighted by molar-refractivity contribution is 0.254. The molecule has 0 saturated carbocycles. The molecule has 6 heteroatoms. The van der Waals surface area contributed by atoms with Crippen LogP contribution in [0.15, 0.2) is 71.3 Å². The van der Waals surface area contributed by atoms with E-state index in [0.29, 0.717) is 0 Å². The number of aryl methyl sites for hydroxylation is 2. The van der Waals surface area contributed by atoms with E-state index in [0.717, 1.165) is 56.6 Å². The van der Waals surface area contributed by atoms with Crippen LogP contribution in [0.4, 0.5) is 10.5 Å². The molecule has 0 spiro atoms. The molecule has 0 radical (unpaired) electrons. The molecule has 2 aromatic heterocycles. The molecule has 0 atom stereocenters. The molecule has 0 bridgehead atoms. The number of rotatable bonds is 4. The molecule has 5 aromatic rings. The summed E-state index contributed by atoms with van der Waals surface area (Å²) in [7, 11) is 1.61. The molecule has 32 heavy (non-hydrogen) atoms. The Balaban J connectivity index is 1.73. The van der Waals surface area contributed by atoms with Crippen LogP contribution in [0.2, 0.25) is 0 Å². The van der Waals surface area contributed by atoms with Crippen LogP contribution in [0, 0.1) is 13.8 Å². The second-order valence-electron chi connectivity index (χ2n) is 7.94. The molecule has 160 valence electrons. The summed E-state index contributed by atoms with van der Waals surface area (Å²) >= 11 is 0. The number of nitrogens with one attached hydrogen (secondary N) is 2. The third-order valence-electron chi connectivity index (χ3n) is 5.86. The van der Waals surface area contributed by atoms with Gasteiger partial charge < -0.3 is 19.7 Å². The van der Waals surface area contributed by atoms with Crippen molar-refractivity contribution in [3.8, 4) is 11.1 Å². The van der Waals surface area contributed by atoms with Crippen molar-refractivity contribution in [1.82, 2.24) is 15.0 Å². The first kappa shape index (κ1) is 19.9. The summed E-state index contributed by atoms with van der Waals surface area (Å²) < 4.78 is 7.73. The molecule has 3 aromatic carbocycles. The number of carbonyl (C=O) groups is 1. The molecule has 0 saturated heterocycles. The Morgan fingerprint density at radius 1 is 0.969 bits per heavy atom. The minimum atomic E-state index is -0.238. The van der Waals surface area contributed by atoms with Gasteiger partial charge in [-0.25, -0.2) is 4.79 Å². The Labute approximate surface area is 185 Å². The maximum Gasteiger partial charge on any atom is 0.318 e. The fourth-order valence-corrected chi connectivity index (χ4v) is 4.36. The van der Waals surface area contributed by atoms with Gasteiger partial charge in [-0.3, -0.25) is 0 Å². The largest absolute Gasteiger partial charge is 0.361 e. The summed E-state index contributed by atoms with van der Waals surface area (Å²) in [5.41, 5.74) is 7.21. The van der Waals surface area contributed by atoms with Crippen LogP contribution in [-0.2, 0) is 6.54 Å². The van der Waals surface area contributed by atoms with Gasteiger partial charge in [0.1, 0.15) is 5.76 Å². The number of urea groups is 1. The normalized spacial score (nSPS) is 11.2. The van der Waals surface area contributed by atoms with E-state index in [1.165, 1.54) is 5.56 Å². The number of hydrogen-bond donors (Lipinski definition) is 2. The Morgan fingerprint density at radius 3 is 2.50 bits per heavy atom. The summed E-state index contributed by atoms with van der Waals surface area (Å²) in [4.78, 5) is 11.8. The van der Waals surface area contributed by atoms with Crippen LogP contribution in [0.25, 0.3) is 32.9 Å². The van der Waals surface area contributed by atoms with Gasteiger partial charge in [0.25, 0.3) is 0 Å². The molecule has 0 aliphatic heterocycles. The van der Waals surface area contributed by atoms with E-state index in [-0.39, 0.29) is 6.03 Å². The van der Waals surface area contributed by atoms with Gasteiger partial charge in [-0.2, -0.15) is 0 Å². The third kappa shape index (κ3) is 3.39. The minimum absolute atomic E-state index is 0.238. The highest BCUT2D eigenvalue weighted by atomic mass is 16.5. The number of carbonyl (C=O) groups excluding carboxylic acids is 1. The molecule has 0 unspecified atom stereocenters. The van der Waals surface area contributed by atoms with Gasteiger partial charge in [0, 0.05) is 41.1 Å². The van der Waals surface area contributed by atoms with Crippen LogP contribution >= 0.6 is 0 Å². The molecule has 0 aliphatic carbocycles. The number of hydrogen-bond acceptors (Lipinski definition) is 3. The topological polar surface area (TPSA) is 72.1 Å². The smallest absolute Gasteiger partial charge is 0.318 e. The number of amides is 2. The Kier molecular flexibility index (Phi) is 4.90. The average molecular weight is 425 g/mol. The molecule has 0 fully saturated rings. The van der Waals surface area contributed by atoms with Crippen LogP contribution in [-0.4, -0.2) is 22.8 Å². The van der Waals surface area contributed by atoms with Crippen molar-refractivity contribution >= 4 is 33.5 Å². The maximum atomic E-state index is 11.8. The fourth-order valence-electron chi connectivity index (χ4n) is 4.36. The number of aromatic nitrogens is 2. The van der Waals surface area contributed by atoms with Gasteiger partial charge in [-0.1, -0.05) is 47.6 Å². The lowest BCUT2D eigenvalue weighted by Crippen LogP contribution is -2.24. The zero-order valence-corrected chi connectivity index (χ0v) is 18.3. The molecule has 5 rings (SSSR count). The lowest BCUT2D eigenvalue weighted by atomic mass is 10.0. The van der Waals surface area contributed by atoms with Crippen molar-refractivity contribution in [3.63, 3.8) is 0 Å². The second kappa shape index (κ2) is 7.89. The van der Waals surface area contributed by atoms with E-state index >= 15 is 0 Å². The molecule has 2 amide bonds. The van der Waals surface area contributed by atoms with Gasteiger partial charge in [-0.05, 0) is 49.2 Å². The Hall–Kier alpha value is -4.06. The van der Waals surface area contributed by atoms with E-state index in [1.54, 1.807) is 7.05 Å². The molecular formula is C26H24N4O2. The van der Waals surface area contributed by atoms with E-state index in [2.05, 4.69) is 68.9 Å². The van der Waals surface area contributed by atoms with Gasteiger partial charge in [-0.15, -0.1) is 0 Å². The summed E-state index contributed by atoms with van der Waals surface area (Å²) in [6.07, 6.45) is 0. The number of benzene rings is 3. The lowest BCUT2D eigenvalue weighted by Gasteiger charge is -2.09. The van der Waals surface area contributed by atoms with Gasteiger partial charge in [0.15, 0.2) is 0 Å². The number of nitrogens with zero attached hydrogens (tertiary/aromatic N) is 2. The molecule has 0 aliphatic rings. The Bertz CT molecular complexity index is 1430. The molecule has 2 N–H and O–H groups in total. The minimum Gasteiger partial charge on any atom is -0.361 e. The Morgan fingerprint density at radius 2 is 1.78 bits per heavy atom. The zero-order chi connectivity index (χ0) is 22.2. The predicted molar refractivity (Wildman–Crippen MR) is 128 cm³/mol. The van der Waals surface area contributed by atoms with Crippen LogP contribution in [0.3, 0.4) is 0 Å². The van der Waals surface area contributed by atoms with Gasteiger partial charge in [0.2, 0.25) is 0 Å². The van der Waals surface area contributed by atoms with Gasteiger partial charge in [0.05, 0.1) is 11.2 Å². The fraction of sp³-hybridized carbons (Fsp3) is 0.154. The highest BCUT2D eigenvalue weighted by Gasteiger charge is 2.16. The SMILES string of the molecule is CNC(=O)Nc1ccc2c(c1)c1ccc(-c3c(C)noc3C)cc1n2Cc1ccccc1. The van der Waals surface area contributed by atoms with Crippen molar-refractivity contribution in [3.05, 3.63) is 83.7 Å². The highest BCUT2D eigenvalue weighted by Crippen LogP contribution is 2.36. The van der Waals surface area contributed by atoms with Crippen molar-refractivity contribution in [2.24, 2.45) is 0 Å². The first-order chi connectivity index (χ1) is 15.5. The van der Waals surface area contributed by atoms with Crippen molar-refractivity contribution < 1.29 is 9.32 Å². The maximum absolute atomic E-state index is 11.8. The molecule has 2 heterocycles. The quantitative estimate of drug-likeness (QED) is 0.379. The van der Waals surface area contributed by atoms with E-state index < -0.39 is 0 Å². The number of fused-ring (bicyclic) bond motifs is 3. The first-order valence-electron chi connectivity index (χ1n) is 10.6. The monoisotopic (exact) mass is 424 g/mol. The van der Waals surface area contributed by atoms with E-state index in [9.17, 15) is 4.79 Å². The van der Waals surface area contributed by atoms with Gasteiger partial charge >= 0.3 is 6.03 Å². The molecule has 6 nitrogen and oxygen atoms in total. The number of anilines is 1. The van der Waals surface area contributed by atoms with Crippen molar-refractivity contribution in [2.75, 3.05) is 12.4 Å². The van der Waals surface area contributed by atoms with Crippen molar-refractivity contribution in [2.45, 2.75) is 20.4 Å². The zero-order valence-electron chi connectivity index (χ0n) is 18.3. The average Bonchev–Trinajstić information content (AvgIpc) is 3.30. The molecular weight excluding hydrogens is 400 g/mol. The van der Waals surface area contributed by atoms with Crippen LogP contribution < -0.4 is 10.6 Å². The van der Waals surface area contributed by atoms with Crippen LogP contribution in [0.5, 0.6) is 0 Å². The standard InChI is InChI=1S/C26H24N4O2/c1-16-25(17(2)32-29-16)19-9-11-21-22-14-20(28-26(31)27-3)10-12-23(22)30(24(21)13-19)15-18-7-5-4-6-8-18/h4-14H,15H2,1-3H3,(H2,27,28,31). The van der Waals surface area contributed by atoms with E-state index in [1.807, 2.05) is 32.0 Å². The first-order valence-corrected chi connectivity index (χ1v) is 10.6. The summed E-state index contributed by atoms with van der Waals surface area (Å²) in [5, 5.41) is 11.8. The van der Waals surface area contributed by atoms with Crippen molar-refractivity contribution in [1.29, 1.82) is 0 Å². The third-order valence-corrected chi connectivity index (χ3v) is 5.86. The summed E-state index contributed by atoms with van der Waals surface area (Å²) in [6, 6.07) is 22.7. The second-order valence-corrected chi connectivity index (χ2v) is 7.94. The van der Waals surface area contributed by atoms with E-state index in [4.69, 9.17) is 4.52 Å². The highest BCUT2D eigenvalue weighted by molar-refractivity contribution is 6.10. The summed E-state index contributed by atoms with van der Waals surface area (Å²) in [5.74, 6) is 0.810. The summed E-state index contributed by atoms with van der Waals surface area (Å²) in [6.45, 7) is 4.65.